The van der Waals surface area contributed by atoms with Gasteiger partial charge in [-0.15, -0.1) is 0 Å². The van der Waals surface area contributed by atoms with E-state index in [1.807, 2.05) is 5.83 Å². The summed E-state index contributed by atoms with van der Waals surface area (Å²) in [6.07, 6.45) is 0. The van der Waals surface area contributed by atoms with Gasteiger partial charge in [-0.1, -0.05) is 28.1 Å². The lowest BCUT2D eigenvalue weighted by atomic mass is 9.86. The van der Waals surface area contributed by atoms with Gasteiger partial charge < -0.3 is 10.2 Å². The number of carboxylic acid groups (broad SMARTS) is 1. The van der Waals surface area contributed by atoms with E-state index in [0.29, 0.717) is 24.3 Å². The molecule has 0 aromatic heterocycles. The number of benzene rings is 2. The molecule has 8 heteroatoms. The summed E-state index contributed by atoms with van der Waals surface area (Å²) in [5.41, 5.74) is -3.90. The Labute approximate surface area is 137 Å². The van der Waals surface area contributed by atoms with Crippen LogP contribution < -0.4 is 0 Å². The number of aliphatic carboxylic acids is 1. The first-order valence-electron chi connectivity index (χ1n) is 6.01. The number of carbonyl (C=O) groups is 1. The Hall–Kier alpha value is -1.93. The molecule has 0 heterocycles. The van der Waals surface area contributed by atoms with Gasteiger partial charge in [0, 0.05) is 11.1 Å². The molecule has 0 saturated heterocycles. The molecule has 23 heavy (non-hydrogen) atoms. The molecule has 0 spiro atoms. The first kappa shape index (κ1) is 19.1. The van der Waals surface area contributed by atoms with Gasteiger partial charge in [-0.05, 0) is 30.1 Å². The Balaban J connectivity index is 0.00000127. The quantitative estimate of drug-likeness (QED) is 0.617. The molecule has 0 bridgehead atoms. The van der Waals surface area contributed by atoms with Crippen LogP contribution in [0.15, 0.2) is 36.4 Å². The standard InChI is InChI=1S/C14H8F4O3.CH3Br/c15-9-3-1-7(5-11(9)17)14(21,13(19)20)8-2-4-10(16)12(18)6-8;1-2/h1-6,21H,(H,19,20);1H3. The minimum absolute atomic E-state index is 0.477. The molecule has 2 N–H and O–H groups in total. The van der Waals surface area contributed by atoms with Gasteiger partial charge in [0.15, 0.2) is 23.3 Å². The van der Waals surface area contributed by atoms with E-state index < -0.39 is 46.0 Å². The topological polar surface area (TPSA) is 57.5 Å². The highest BCUT2D eigenvalue weighted by atomic mass is 79.9. The predicted octanol–water partition coefficient (Wildman–Crippen LogP) is 3.57. The van der Waals surface area contributed by atoms with Gasteiger partial charge in [-0.2, -0.15) is 0 Å². The molecule has 0 atom stereocenters. The molecule has 2 aromatic rings. The van der Waals surface area contributed by atoms with Crippen molar-refractivity contribution in [2.45, 2.75) is 5.60 Å². The first-order chi connectivity index (χ1) is 10.8. The summed E-state index contributed by atoms with van der Waals surface area (Å²) in [7, 11) is 0. The third-order valence-electron chi connectivity index (χ3n) is 2.98. The van der Waals surface area contributed by atoms with E-state index in [9.17, 15) is 32.6 Å². The van der Waals surface area contributed by atoms with Crippen LogP contribution in [0.2, 0.25) is 0 Å². The van der Waals surface area contributed by atoms with Gasteiger partial charge in [0.2, 0.25) is 5.60 Å². The molecule has 0 amide bonds. The zero-order chi connectivity index (χ0) is 17.8. The summed E-state index contributed by atoms with van der Waals surface area (Å²) in [5, 5.41) is 19.5. The Morgan fingerprint density at radius 1 is 0.870 bits per heavy atom. The van der Waals surface area contributed by atoms with Crippen LogP contribution in [0, 0.1) is 23.3 Å². The summed E-state index contributed by atoms with van der Waals surface area (Å²) in [6.45, 7) is 0. The molecule has 3 nitrogen and oxygen atoms in total. The van der Waals surface area contributed by atoms with E-state index in [1.165, 1.54) is 0 Å². The van der Waals surface area contributed by atoms with Crippen molar-refractivity contribution in [3.63, 3.8) is 0 Å². The lowest BCUT2D eigenvalue weighted by Gasteiger charge is -2.24. The van der Waals surface area contributed by atoms with Crippen LogP contribution in [0.1, 0.15) is 11.1 Å². The molecule has 0 radical (unpaired) electrons. The van der Waals surface area contributed by atoms with Crippen molar-refractivity contribution >= 4 is 21.9 Å². The van der Waals surface area contributed by atoms with Gasteiger partial charge in [-0.25, -0.2) is 22.4 Å². The highest BCUT2D eigenvalue weighted by molar-refractivity contribution is 9.08. The highest BCUT2D eigenvalue weighted by Gasteiger charge is 2.41. The number of hydrogen-bond donors (Lipinski definition) is 2. The summed E-state index contributed by atoms with van der Waals surface area (Å²) in [4.78, 5) is 11.3. The number of carboxylic acids is 1. The maximum absolute atomic E-state index is 13.2. The molecule has 0 aliphatic carbocycles. The monoisotopic (exact) mass is 394 g/mol. The normalized spacial score (nSPS) is 10.7. The summed E-state index contributed by atoms with van der Waals surface area (Å²) < 4.78 is 52.2. The third-order valence-corrected chi connectivity index (χ3v) is 2.98. The smallest absolute Gasteiger partial charge is 0.345 e. The van der Waals surface area contributed by atoms with Gasteiger partial charge in [0.25, 0.3) is 0 Å². The van der Waals surface area contributed by atoms with Crippen LogP contribution in [0.25, 0.3) is 0 Å². The summed E-state index contributed by atoms with van der Waals surface area (Å²) in [5.74, 6) is -5.27. The van der Waals surface area contributed by atoms with Crippen molar-refractivity contribution in [3.8, 4) is 0 Å². The zero-order valence-corrected chi connectivity index (χ0v) is 13.2. The van der Waals surface area contributed by atoms with Gasteiger partial charge >= 0.3 is 5.97 Å². The summed E-state index contributed by atoms with van der Waals surface area (Å²) in [6, 6.07) is 3.88. The Bertz CT molecular complexity index is 670. The number of hydrogen-bond acceptors (Lipinski definition) is 2. The van der Waals surface area contributed by atoms with Crippen molar-refractivity contribution in [1.29, 1.82) is 0 Å². The predicted molar refractivity (Wildman–Crippen MR) is 78.2 cm³/mol. The molecule has 0 aliphatic rings. The van der Waals surface area contributed by atoms with Crippen molar-refractivity contribution in [1.82, 2.24) is 0 Å². The van der Waals surface area contributed by atoms with E-state index in [0.717, 1.165) is 12.1 Å². The minimum Gasteiger partial charge on any atom is -0.479 e. The zero-order valence-electron chi connectivity index (χ0n) is 11.7. The van der Waals surface area contributed by atoms with E-state index >= 15 is 0 Å². The maximum Gasteiger partial charge on any atom is 0.345 e. The fourth-order valence-corrected chi connectivity index (χ4v) is 1.86. The van der Waals surface area contributed by atoms with Crippen molar-refractivity contribution in [2.24, 2.45) is 0 Å². The molecular weight excluding hydrogens is 384 g/mol. The van der Waals surface area contributed by atoms with Crippen LogP contribution >= 0.6 is 15.9 Å². The third kappa shape index (κ3) is 3.70. The molecule has 0 unspecified atom stereocenters. The lowest BCUT2D eigenvalue weighted by molar-refractivity contribution is -0.155. The largest absolute Gasteiger partial charge is 0.479 e. The lowest BCUT2D eigenvalue weighted by Crippen LogP contribution is -2.37. The van der Waals surface area contributed by atoms with Crippen LogP contribution in [0.3, 0.4) is 0 Å². The SMILES string of the molecule is CBr.O=C(O)C(O)(c1ccc(F)c(F)c1)c1ccc(F)c(F)c1. The van der Waals surface area contributed by atoms with Gasteiger partial charge in [0.1, 0.15) is 0 Å². The second kappa shape index (κ2) is 7.56. The van der Waals surface area contributed by atoms with Crippen molar-refractivity contribution < 1.29 is 32.6 Å². The molecule has 0 fully saturated rings. The minimum atomic E-state index is -2.84. The molecule has 2 rings (SSSR count). The molecule has 0 saturated carbocycles. The first-order valence-corrected chi connectivity index (χ1v) is 7.60. The Morgan fingerprint density at radius 2 is 1.22 bits per heavy atom. The molecular formula is C15H11BrF4O3. The van der Waals surface area contributed by atoms with Crippen LogP contribution in [-0.4, -0.2) is 22.0 Å². The van der Waals surface area contributed by atoms with Crippen molar-refractivity contribution in [3.05, 3.63) is 70.8 Å². The highest BCUT2D eigenvalue weighted by Crippen LogP contribution is 2.31. The van der Waals surface area contributed by atoms with E-state index in [2.05, 4.69) is 15.9 Å². The average molecular weight is 395 g/mol. The maximum atomic E-state index is 13.2. The molecule has 2 aromatic carbocycles. The number of alkyl halides is 1. The fourth-order valence-electron chi connectivity index (χ4n) is 1.86. The van der Waals surface area contributed by atoms with E-state index in [-0.39, 0.29) is 0 Å². The Kier molecular flexibility index (Phi) is 6.28. The Morgan fingerprint density at radius 3 is 1.48 bits per heavy atom. The van der Waals surface area contributed by atoms with E-state index in [4.69, 9.17) is 0 Å². The van der Waals surface area contributed by atoms with Gasteiger partial charge in [0.05, 0.1) is 0 Å². The molecule has 124 valence electrons. The second-order valence-corrected chi connectivity index (χ2v) is 4.27. The van der Waals surface area contributed by atoms with Crippen LogP contribution in [0.4, 0.5) is 17.6 Å². The van der Waals surface area contributed by atoms with Crippen LogP contribution in [0.5, 0.6) is 0 Å². The van der Waals surface area contributed by atoms with Crippen molar-refractivity contribution in [2.75, 3.05) is 5.83 Å². The molecule has 0 aliphatic heterocycles. The fraction of sp³-hybridized carbons (Fsp3) is 0.133. The number of rotatable bonds is 3. The second-order valence-electron chi connectivity index (χ2n) is 4.27. The van der Waals surface area contributed by atoms with Crippen LogP contribution in [-0.2, 0) is 10.4 Å². The van der Waals surface area contributed by atoms with E-state index in [1.54, 1.807) is 0 Å². The van der Waals surface area contributed by atoms with Gasteiger partial charge in [-0.3, -0.25) is 0 Å². The average Bonchev–Trinajstić information content (AvgIpc) is 2.53. The summed E-state index contributed by atoms with van der Waals surface area (Å²) >= 11 is 2.94. The number of aliphatic hydroxyl groups is 1. The number of halogens is 5.